The van der Waals surface area contributed by atoms with E-state index in [1.165, 1.54) is 5.56 Å². The number of benzene rings is 1. The Hall–Kier alpha value is -0.870. The molecule has 0 radical (unpaired) electrons. The summed E-state index contributed by atoms with van der Waals surface area (Å²) in [5.74, 6) is 0.676. The summed E-state index contributed by atoms with van der Waals surface area (Å²) in [6, 6.07) is 5.81. The summed E-state index contributed by atoms with van der Waals surface area (Å²) in [6.45, 7) is 4.24. The molecule has 0 aliphatic carbocycles. The number of amides is 1. The lowest BCUT2D eigenvalue weighted by molar-refractivity contribution is 0.0952. The van der Waals surface area contributed by atoms with Crippen LogP contribution in [0.15, 0.2) is 18.2 Å². The zero-order chi connectivity index (χ0) is 13.7. The molecule has 0 spiro atoms. The van der Waals surface area contributed by atoms with Gasteiger partial charge in [-0.05, 0) is 42.0 Å². The van der Waals surface area contributed by atoms with E-state index in [0.29, 0.717) is 19.1 Å². The minimum atomic E-state index is 0.0150. The zero-order valence-electron chi connectivity index (χ0n) is 11.2. The summed E-state index contributed by atoms with van der Waals surface area (Å²) >= 11 is 3.46. The highest BCUT2D eigenvalue weighted by atomic mass is 79.9. The quantitative estimate of drug-likeness (QED) is 0.644. The first kappa shape index (κ1) is 14.5. The maximum atomic E-state index is 12.0. The van der Waals surface area contributed by atoms with E-state index in [1.54, 1.807) is 0 Å². The van der Waals surface area contributed by atoms with Crippen molar-refractivity contribution >= 4 is 21.8 Å². The van der Waals surface area contributed by atoms with E-state index < -0.39 is 0 Å². The van der Waals surface area contributed by atoms with Crippen LogP contribution in [-0.4, -0.2) is 17.8 Å². The van der Waals surface area contributed by atoms with Crippen LogP contribution in [0.4, 0.5) is 0 Å². The molecule has 1 aliphatic heterocycles. The molecule has 1 amide bonds. The lowest BCUT2D eigenvalue weighted by Gasteiger charge is -2.09. The van der Waals surface area contributed by atoms with Crippen molar-refractivity contribution in [3.63, 3.8) is 0 Å². The van der Waals surface area contributed by atoms with Crippen molar-refractivity contribution < 1.29 is 9.53 Å². The average Bonchev–Trinajstić information content (AvgIpc) is 2.90. The smallest absolute Gasteiger partial charge is 0.251 e. The van der Waals surface area contributed by atoms with Gasteiger partial charge in [-0.2, -0.15) is 0 Å². The van der Waals surface area contributed by atoms with E-state index in [1.807, 2.05) is 18.2 Å². The van der Waals surface area contributed by atoms with Gasteiger partial charge in [0.15, 0.2) is 0 Å². The van der Waals surface area contributed by atoms with E-state index in [4.69, 9.17) is 4.74 Å². The minimum absolute atomic E-state index is 0.0150. The van der Waals surface area contributed by atoms with Gasteiger partial charge in [-0.3, -0.25) is 4.79 Å². The highest BCUT2D eigenvalue weighted by Gasteiger charge is 2.14. The molecule has 0 bridgehead atoms. The highest BCUT2D eigenvalue weighted by molar-refractivity contribution is 9.09. The molecule has 0 fully saturated rings. The van der Waals surface area contributed by atoms with Crippen LogP contribution >= 0.6 is 15.9 Å². The number of halogens is 1. The minimum Gasteiger partial charge on any atom is -0.372 e. The van der Waals surface area contributed by atoms with Gasteiger partial charge in [0.2, 0.25) is 0 Å². The number of hydrogen-bond donors (Lipinski definition) is 1. The van der Waals surface area contributed by atoms with Crippen LogP contribution in [0.2, 0.25) is 0 Å². The van der Waals surface area contributed by atoms with Crippen molar-refractivity contribution in [1.82, 2.24) is 5.32 Å². The molecule has 1 atom stereocenters. The van der Waals surface area contributed by atoms with Gasteiger partial charge in [0.1, 0.15) is 0 Å². The first-order chi connectivity index (χ1) is 9.20. The number of alkyl halides is 1. The normalized spacial score (nSPS) is 15.1. The highest BCUT2D eigenvalue weighted by Crippen LogP contribution is 2.20. The third-order valence-electron chi connectivity index (χ3n) is 3.41. The largest absolute Gasteiger partial charge is 0.372 e. The molecule has 1 aromatic carbocycles. The summed E-state index contributed by atoms with van der Waals surface area (Å²) in [7, 11) is 0. The van der Waals surface area contributed by atoms with Crippen molar-refractivity contribution in [3.05, 3.63) is 34.9 Å². The Morgan fingerprint density at radius 1 is 1.42 bits per heavy atom. The second-order valence-corrected chi connectivity index (χ2v) is 5.78. The third-order valence-corrected chi connectivity index (χ3v) is 4.51. The molecule has 1 N–H and O–H groups in total. The molecular weight excluding hydrogens is 306 g/mol. The maximum absolute atomic E-state index is 12.0. The molecule has 0 saturated heterocycles. The molecule has 1 heterocycles. The summed E-state index contributed by atoms with van der Waals surface area (Å²) in [6.07, 6.45) is 2.15. The van der Waals surface area contributed by atoms with E-state index in [9.17, 15) is 4.79 Å². The molecule has 0 aromatic heterocycles. The number of rotatable bonds is 6. The Morgan fingerprint density at radius 3 is 3.00 bits per heavy atom. The van der Waals surface area contributed by atoms with Gasteiger partial charge in [-0.25, -0.2) is 0 Å². The predicted molar refractivity (Wildman–Crippen MR) is 79.5 cm³/mol. The van der Waals surface area contributed by atoms with Crippen LogP contribution in [0.3, 0.4) is 0 Å². The Labute approximate surface area is 122 Å². The van der Waals surface area contributed by atoms with Gasteiger partial charge in [0, 0.05) is 17.4 Å². The first-order valence-electron chi connectivity index (χ1n) is 6.74. The second-order valence-electron chi connectivity index (χ2n) is 5.13. The fourth-order valence-electron chi connectivity index (χ4n) is 2.14. The van der Waals surface area contributed by atoms with Crippen LogP contribution in [0.1, 0.15) is 41.3 Å². The van der Waals surface area contributed by atoms with Crippen molar-refractivity contribution in [3.8, 4) is 0 Å². The molecule has 0 saturated carbocycles. The molecule has 19 heavy (non-hydrogen) atoms. The monoisotopic (exact) mass is 325 g/mol. The second kappa shape index (κ2) is 7.06. The number of nitrogens with one attached hydrogen (secondary N) is 1. The van der Waals surface area contributed by atoms with Gasteiger partial charge in [0.25, 0.3) is 5.91 Å². The van der Waals surface area contributed by atoms with Gasteiger partial charge in [-0.1, -0.05) is 28.9 Å². The topological polar surface area (TPSA) is 38.3 Å². The average molecular weight is 326 g/mol. The number of hydrogen-bond acceptors (Lipinski definition) is 2. The SMILES string of the molecule is CC(CBr)CCCNC(=O)c1ccc2c(c1)COC2. The molecule has 2 rings (SSSR count). The number of carbonyl (C=O) groups is 1. The van der Waals surface area contributed by atoms with Crippen molar-refractivity contribution in [2.75, 3.05) is 11.9 Å². The summed E-state index contributed by atoms with van der Waals surface area (Å²) in [5, 5.41) is 3.99. The van der Waals surface area contributed by atoms with Crippen LogP contribution < -0.4 is 5.32 Å². The molecule has 1 unspecified atom stereocenters. The predicted octanol–water partition coefficient (Wildman–Crippen LogP) is 3.26. The van der Waals surface area contributed by atoms with Gasteiger partial charge >= 0.3 is 0 Å². The van der Waals surface area contributed by atoms with E-state index in [-0.39, 0.29) is 5.91 Å². The van der Waals surface area contributed by atoms with Crippen molar-refractivity contribution in [2.24, 2.45) is 5.92 Å². The fourth-order valence-corrected chi connectivity index (χ4v) is 2.47. The van der Waals surface area contributed by atoms with Crippen LogP contribution in [0, 0.1) is 5.92 Å². The summed E-state index contributed by atoms with van der Waals surface area (Å²) in [4.78, 5) is 12.0. The lowest BCUT2D eigenvalue weighted by Crippen LogP contribution is -2.24. The number of ether oxygens (including phenoxy) is 1. The summed E-state index contributed by atoms with van der Waals surface area (Å²) in [5.41, 5.74) is 3.07. The van der Waals surface area contributed by atoms with Crippen LogP contribution in [0.25, 0.3) is 0 Å². The fraction of sp³-hybridized carbons (Fsp3) is 0.533. The molecular formula is C15H20BrNO2. The number of carbonyl (C=O) groups excluding carboxylic acids is 1. The van der Waals surface area contributed by atoms with Crippen LogP contribution in [-0.2, 0) is 18.0 Å². The molecule has 1 aromatic rings. The lowest BCUT2D eigenvalue weighted by atomic mass is 10.1. The van der Waals surface area contributed by atoms with Crippen LogP contribution in [0.5, 0.6) is 0 Å². The Morgan fingerprint density at radius 2 is 2.21 bits per heavy atom. The van der Waals surface area contributed by atoms with Gasteiger partial charge in [-0.15, -0.1) is 0 Å². The van der Waals surface area contributed by atoms with E-state index >= 15 is 0 Å². The Kier molecular flexibility index (Phi) is 5.40. The standard InChI is InChI=1S/C15H20BrNO2/c1-11(8-16)3-2-6-17-15(18)12-4-5-13-9-19-10-14(13)7-12/h4-5,7,11H,2-3,6,8-10H2,1H3,(H,17,18). The maximum Gasteiger partial charge on any atom is 0.251 e. The van der Waals surface area contributed by atoms with Crippen molar-refractivity contribution in [1.29, 1.82) is 0 Å². The van der Waals surface area contributed by atoms with Gasteiger partial charge in [0.05, 0.1) is 13.2 Å². The zero-order valence-corrected chi connectivity index (χ0v) is 12.8. The molecule has 4 heteroatoms. The first-order valence-corrected chi connectivity index (χ1v) is 7.86. The Balaban J connectivity index is 1.80. The Bertz CT molecular complexity index is 448. The molecule has 104 valence electrons. The molecule has 3 nitrogen and oxygen atoms in total. The van der Waals surface area contributed by atoms with E-state index in [0.717, 1.165) is 35.8 Å². The van der Waals surface area contributed by atoms with E-state index in [2.05, 4.69) is 28.2 Å². The van der Waals surface area contributed by atoms with Crippen molar-refractivity contribution in [2.45, 2.75) is 33.0 Å². The number of fused-ring (bicyclic) bond motifs is 1. The molecule has 1 aliphatic rings. The summed E-state index contributed by atoms with van der Waals surface area (Å²) < 4.78 is 5.35. The third kappa shape index (κ3) is 4.05. The van der Waals surface area contributed by atoms with Gasteiger partial charge < -0.3 is 10.1 Å².